The molecule has 1 aliphatic rings. The van der Waals surface area contributed by atoms with Crippen LogP contribution in [0, 0.1) is 0 Å². The van der Waals surface area contributed by atoms with Crippen molar-refractivity contribution in [2.75, 3.05) is 38.6 Å². The zero-order chi connectivity index (χ0) is 18.5. The Labute approximate surface area is 152 Å². The molecule has 0 atom stereocenters. The van der Waals surface area contributed by atoms with Gasteiger partial charge in [-0.1, -0.05) is 6.07 Å². The summed E-state index contributed by atoms with van der Waals surface area (Å²) in [6.07, 6.45) is 1.64. The van der Waals surface area contributed by atoms with Crippen molar-refractivity contribution < 1.29 is 14.3 Å². The molecule has 1 fully saturated rings. The van der Waals surface area contributed by atoms with E-state index in [0.29, 0.717) is 31.9 Å². The van der Waals surface area contributed by atoms with E-state index < -0.39 is 0 Å². The molecule has 0 radical (unpaired) electrons. The van der Waals surface area contributed by atoms with Gasteiger partial charge in [-0.2, -0.15) is 0 Å². The van der Waals surface area contributed by atoms with Gasteiger partial charge in [0.2, 0.25) is 5.91 Å². The smallest absolute Gasteiger partial charge is 0.272 e. The van der Waals surface area contributed by atoms with Crippen molar-refractivity contribution in [3.05, 3.63) is 48.3 Å². The predicted octanol–water partition coefficient (Wildman–Crippen LogP) is 2.14. The zero-order valence-electron chi connectivity index (χ0n) is 14.9. The van der Waals surface area contributed by atoms with Crippen molar-refractivity contribution >= 4 is 23.2 Å². The van der Waals surface area contributed by atoms with Crippen LogP contribution in [0.25, 0.3) is 0 Å². The van der Waals surface area contributed by atoms with Crippen molar-refractivity contribution in [2.24, 2.45) is 0 Å². The number of methoxy groups -OCH3 is 1. The summed E-state index contributed by atoms with van der Waals surface area (Å²) in [5, 5.41) is 3.23. The Morgan fingerprint density at radius 3 is 2.38 bits per heavy atom. The molecular weight excluding hydrogens is 332 g/mol. The molecule has 1 aromatic heterocycles. The number of nitrogens with one attached hydrogen (secondary N) is 1. The Balaban J connectivity index is 1.62. The highest BCUT2D eigenvalue weighted by atomic mass is 16.5. The first-order valence-electron chi connectivity index (χ1n) is 8.49. The maximum atomic E-state index is 12.6. The van der Waals surface area contributed by atoms with E-state index in [2.05, 4.69) is 10.3 Å². The second-order valence-electron chi connectivity index (χ2n) is 6.09. The van der Waals surface area contributed by atoms with Crippen LogP contribution in [0.15, 0.2) is 42.6 Å². The van der Waals surface area contributed by atoms with Gasteiger partial charge in [0.05, 0.1) is 19.0 Å². The first kappa shape index (κ1) is 17.7. The number of pyridine rings is 1. The van der Waals surface area contributed by atoms with E-state index in [0.717, 1.165) is 17.1 Å². The fourth-order valence-electron chi connectivity index (χ4n) is 2.85. The fourth-order valence-corrected chi connectivity index (χ4v) is 2.85. The molecule has 1 aromatic carbocycles. The third-order valence-corrected chi connectivity index (χ3v) is 4.35. The van der Waals surface area contributed by atoms with Crippen molar-refractivity contribution in [3.63, 3.8) is 0 Å². The van der Waals surface area contributed by atoms with Crippen molar-refractivity contribution in [1.82, 2.24) is 14.8 Å². The molecule has 26 heavy (non-hydrogen) atoms. The third-order valence-electron chi connectivity index (χ3n) is 4.35. The summed E-state index contributed by atoms with van der Waals surface area (Å²) >= 11 is 0. The summed E-state index contributed by atoms with van der Waals surface area (Å²) in [4.78, 5) is 31.7. The number of aromatic nitrogens is 1. The molecule has 136 valence electrons. The fraction of sp³-hybridized carbons (Fsp3) is 0.316. The molecule has 1 saturated heterocycles. The molecule has 7 nitrogen and oxygen atoms in total. The second kappa shape index (κ2) is 7.86. The maximum absolute atomic E-state index is 12.6. The molecular formula is C19H22N4O3. The van der Waals surface area contributed by atoms with E-state index in [4.69, 9.17) is 4.74 Å². The number of nitrogens with zero attached hydrogens (tertiary/aromatic N) is 3. The number of carbonyl (C=O) groups is 2. The highest BCUT2D eigenvalue weighted by molar-refractivity contribution is 5.92. The minimum Gasteiger partial charge on any atom is -0.497 e. The van der Waals surface area contributed by atoms with Gasteiger partial charge in [-0.3, -0.25) is 9.59 Å². The van der Waals surface area contributed by atoms with Gasteiger partial charge in [0.25, 0.3) is 5.91 Å². The third kappa shape index (κ3) is 4.11. The van der Waals surface area contributed by atoms with Gasteiger partial charge in [0.15, 0.2) is 0 Å². The van der Waals surface area contributed by atoms with Crippen LogP contribution in [-0.2, 0) is 4.79 Å². The van der Waals surface area contributed by atoms with Crippen LogP contribution in [0.5, 0.6) is 5.75 Å². The molecule has 1 aliphatic heterocycles. The predicted molar refractivity (Wildman–Crippen MR) is 98.7 cm³/mol. The Morgan fingerprint density at radius 1 is 1.04 bits per heavy atom. The van der Waals surface area contributed by atoms with Crippen LogP contribution in [0.2, 0.25) is 0 Å². The Morgan fingerprint density at radius 2 is 1.77 bits per heavy atom. The summed E-state index contributed by atoms with van der Waals surface area (Å²) in [5.41, 5.74) is 2.07. The van der Waals surface area contributed by atoms with Gasteiger partial charge in [0.1, 0.15) is 11.4 Å². The van der Waals surface area contributed by atoms with Crippen LogP contribution in [0.1, 0.15) is 17.4 Å². The van der Waals surface area contributed by atoms with Crippen LogP contribution in [0.3, 0.4) is 0 Å². The number of hydrogen-bond acceptors (Lipinski definition) is 5. The number of anilines is 2. The molecule has 0 spiro atoms. The van der Waals surface area contributed by atoms with Crippen molar-refractivity contribution in [3.8, 4) is 5.75 Å². The van der Waals surface area contributed by atoms with Crippen LogP contribution < -0.4 is 10.1 Å². The van der Waals surface area contributed by atoms with Gasteiger partial charge in [-0.05, 0) is 24.3 Å². The lowest BCUT2D eigenvalue weighted by molar-refractivity contribution is -0.130. The lowest BCUT2D eigenvalue weighted by atomic mass is 10.2. The van der Waals surface area contributed by atoms with E-state index in [1.807, 2.05) is 30.3 Å². The summed E-state index contributed by atoms with van der Waals surface area (Å²) < 4.78 is 5.20. The first-order chi connectivity index (χ1) is 12.6. The average molecular weight is 354 g/mol. The molecule has 0 aliphatic carbocycles. The molecule has 2 heterocycles. The second-order valence-corrected chi connectivity index (χ2v) is 6.09. The van der Waals surface area contributed by atoms with Crippen LogP contribution in [0.4, 0.5) is 11.4 Å². The average Bonchev–Trinajstić information content (AvgIpc) is 2.68. The topological polar surface area (TPSA) is 74.8 Å². The minimum absolute atomic E-state index is 0.0446. The van der Waals surface area contributed by atoms with Gasteiger partial charge in [-0.15, -0.1) is 0 Å². The monoisotopic (exact) mass is 354 g/mol. The molecule has 0 saturated carbocycles. The lowest BCUT2D eigenvalue weighted by Crippen LogP contribution is -2.50. The quantitative estimate of drug-likeness (QED) is 0.910. The van der Waals surface area contributed by atoms with Gasteiger partial charge >= 0.3 is 0 Å². The maximum Gasteiger partial charge on any atom is 0.272 e. The summed E-state index contributed by atoms with van der Waals surface area (Å²) in [5.74, 6) is 0.698. The van der Waals surface area contributed by atoms with E-state index in [1.165, 1.54) is 0 Å². The minimum atomic E-state index is -0.110. The van der Waals surface area contributed by atoms with E-state index in [1.54, 1.807) is 36.1 Å². The van der Waals surface area contributed by atoms with Gasteiger partial charge < -0.3 is 19.9 Å². The van der Waals surface area contributed by atoms with Crippen LogP contribution in [-0.4, -0.2) is 59.9 Å². The highest BCUT2D eigenvalue weighted by Crippen LogP contribution is 2.21. The Bertz CT molecular complexity index is 784. The number of benzene rings is 1. The Hall–Kier alpha value is -3.09. The zero-order valence-corrected chi connectivity index (χ0v) is 14.9. The normalized spacial score (nSPS) is 14.1. The molecule has 0 unspecified atom stereocenters. The molecule has 7 heteroatoms. The summed E-state index contributed by atoms with van der Waals surface area (Å²) in [6, 6.07) is 11.1. The van der Waals surface area contributed by atoms with E-state index >= 15 is 0 Å². The van der Waals surface area contributed by atoms with Gasteiger partial charge in [-0.25, -0.2) is 4.98 Å². The SMILES string of the molecule is COc1cccc(Nc2ccc(C(=O)N3CCN(C(C)=O)CC3)nc2)c1. The molecule has 2 aromatic rings. The molecule has 2 amide bonds. The number of rotatable bonds is 4. The van der Waals surface area contributed by atoms with E-state index in [9.17, 15) is 9.59 Å². The highest BCUT2D eigenvalue weighted by Gasteiger charge is 2.23. The largest absolute Gasteiger partial charge is 0.497 e. The Kier molecular flexibility index (Phi) is 5.36. The summed E-state index contributed by atoms with van der Waals surface area (Å²) in [6.45, 7) is 3.74. The number of amides is 2. The lowest BCUT2D eigenvalue weighted by Gasteiger charge is -2.34. The van der Waals surface area contributed by atoms with Crippen molar-refractivity contribution in [1.29, 1.82) is 0 Å². The van der Waals surface area contributed by atoms with Crippen molar-refractivity contribution in [2.45, 2.75) is 6.92 Å². The molecule has 0 bridgehead atoms. The van der Waals surface area contributed by atoms with Crippen LogP contribution >= 0.6 is 0 Å². The number of ether oxygens (including phenoxy) is 1. The van der Waals surface area contributed by atoms with Gasteiger partial charge in [0, 0.05) is 44.9 Å². The standard InChI is InChI=1S/C19H22N4O3/c1-14(24)22-8-10-23(11-9-22)19(25)18-7-6-16(13-20-18)21-15-4-3-5-17(12-15)26-2/h3-7,12-13,21H,8-11H2,1-2H3. The number of hydrogen-bond donors (Lipinski definition) is 1. The van der Waals surface area contributed by atoms with E-state index in [-0.39, 0.29) is 11.8 Å². The molecule has 3 rings (SSSR count). The number of carbonyl (C=O) groups excluding carboxylic acids is 2. The number of piperazine rings is 1. The summed E-state index contributed by atoms with van der Waals surface area (Å²) in [7, 11) is 1.62. The first-order valence-corrected chi connectivity index (χ1v) is 8.49. The molecule has 1 N–H and O–H groups in total.